The number of anilines is 1. The highest BCUT2D eigenvalue weighted by atomic mass is 16.5. The van der Waals surface area contributed by atoms with Gasteiger partial charge in [-0.15, -0.1) is 0 Å². The molecular weight excluding hydrogens is 312 g/mol. The van der Waals surface area contributed by atoms with Gasteiger partial charge < -0.3 is 14.7 Å². The Balaban J connectivity index is 1.42. The number of aryl methyl sites for hydroxylation is 2. The number of aliphatic hydroxyl groups excluding tert-OH is 1. The summed E-state index contributed by atoms with van der Waals surface area (Å²) >= 11 is 0. The Kier molecular flexibility index (Phi) is 5.95. The van der Waals surface area contributed by atoms with Gasteiger partial charge in [-0.25, -0.2) is 0 Å². The van der Waals surface area contributed by atoms with Crippen molar-refractivity contribution in [3.05, 3.63) is 59.7 Å². The fourth-order valence-corrected chi connectivity index (χ4v) is 3.20. The largest absolute Gasteiger partial charge is 0.491 e. The maximum absolute atomic E-state index is 10.3. The minimum atomic E-state index is -0.467. The highest BCUT2D eigenvalue weighted by Crippen LogP contribution is 2.18. The number of piperazine rings is 1. The van der Waals surface area contributed by atoms with E-state index in [-0.39, 0.29) is 0 Å². The molecule has 0 aromatic heterocycles. The summed E-state index contributed by atoms with van der Waals surface area (Å²) in [4.78, 5) is 4.72. The molecule has 1 fully saturated rings. The molecule has 1 aliphatic rings. The zero-order valence-corrected chi connectivity index (χ0v) is 15.2. The fourth-order valence-electron chi connectivity index (χ4n) is 3.20. The van der Waals surface area contributed by atoms with Gasteiger partial charge in [-0.3, -0.25) is 4.90 Å². The second kappa shape index (κ2) is 8.37. The summed E-state index contributed by atoms with van der Waals surface area (Å²) in [6.45, 7) is 9.05. The molecule has 0 bridgehead atoms. The molecule has 0 radical (unpaired) electrons. The highest BCUT2D eigenvalue weighted by molar-refractivity contribution is 5.47. The van der Waals surface area contributed by atoms with E-state index in [4.69, 9.17) is 4.74 Å². The molecule has 1 heterocycles. The van der Waals surface area contributed by atoms with Crippen LogP contribution in [0, 0.1) is 13.8 Å². The summed E-state index contributed by atoms with van der Waals surface area (Å²) in [6.07, 6.45) is -0.467. The van der Waals surface area contributed by atoms with Crippen LogP contribution in [0.5, 0.6) is 5.75 Å². The molecule has 4 nitrogen and oxygen atoms in total. The Bertz CT molecular complexity index is 664. The molecule has 1 N–H and O–H groups in total. The van der Waals surface area contributed by atoms with Crippen LogP contribution in [-0.2, 0) is 0 Å². The molecule has 1 saturated heterocycles. The number of hydrogen-bond acceptors (Lipinski definition) is 4. The Hall–Kier alpha value is -2.04. The van der Waals surface area contributed by atoms with Gasteiger partial charge in [0.1, 0.15) is 18.5 Å². The summed E-state index contributed by atoms with van der Waals surface area (Å²) in [5.41, 5.74) is 3.68. The monoisotopic (exact) mass is 340 g/mol. The summed E-state index contributed by atoms with van der Waals surface area (Å²) in [5, 5.41) is 10.3. The van der Waals surface area contributed by atoms with Crippen molar-refractivity contribution in [3.8, 4) is 5.75 Å². The molecule has 2 aromatic carbocycles. The van der Waals surface area contributed by atoms with Crippen molar-refractivity contribution < 1.29 is 9.84 Å². The highest BCUT2D eigenvalue weighted by Gasteiger charge is 2.19. The zero-order chi connectivity index (χ0) is 17.6. The molecule has 1 unspecified atom stereocenters. The molecule has 4 heteroatoms. The van der Waals surface area contributed by atoms with Gasteiger partial charge in [-0.1, -0.05) is 35.9 Å². The smallest absolute Gasteiger partial charge is 0.122 e. The van der Waals surface area contributed by atoms with Crippen LogP contribution >= 0.6 is 0 Å². The number of para-hydroxylation sites is 1. The van der Waals surface area contributed by atoms with Crippen LogP contribution in [0.25, 0.3) is 0 Å². The maximum Gasteiger partial charge on any atom is 0.122 e. The van der Waals surface area contributed by atoms with E-state index in [9.17, 15) is 5.11 Å². The SMILES string of the molecule is Cc1ccc(N2CCN(CC(O)COc3ccccc3C)CC2)cc1. The van der Waals surface area contributed by atoms with Gasteiger partial charge in [-0.05, 0) is 37.6 Å². The van der Waals surface area contributed by atoms with Gasteiger partial charge >= 0.3 is 0 Å². The van der Waals surface area contributed by atoms with Crippen molar-refractivity contribution in [1.29, 1.82) is 0 Å². The Morgan fingerprint density at radius 2 is 1.64 bits per heavy atom. The van der Waals surface area contributed by atoms with Crippen LogP contribution < -0.4 is 9.64 Å². The molecule has 0 aliphatic carbocycles. The van der Waals surface area contributed by atoms with Gasteiger partial charge in [-0.2, -0.15) is 0 Å². The number of ether oxygens (including phenoxy) is 1. The lowest BCUT2D eigenvalue weighted by atomic mass is 10.2. The van der Waals surface area contributed by atoms with E-state index in [2.05, 4.69) is 41.0 Å². The van der Waals surface area contributed by atoms with Crippen molar-refractivity contribution in [3.63, 3.8) is 0 Å². The van der Waals surface area contributed by atoms with Crippen molar-refractivity contribution in [2.24, 2.45) is 0 Å². The first-order chi connectivity index (χ1) is 12.1. The quantitative estimate of drug-likeness (QED) is 0.877. The van der Waals surface area contributed by atoms with Crippen LogP contribution in [0.2, 0.25) is 0 Å². The predicted molar refractivity (Wildman–Crippen MR) is 103 cm³/mol. The molecule has 0 spiro atoms. The third-order valence-electron chi connectivity index (χ3n) is 4.77. The minimum Gasteiger partial charge on any atom is -0.491 e. The van der Waals surface area contributed by atoms with Gasteiger partial charge in [0.05, 0.1) is 0 Å². The lowest BCUT2D eigenvalue weighted by molar-refractivity contribution is 0.0661. The standard InChI is InChI=1S/C21H28N2O2/c1-17-7-9-19(10-8-17)23-13-11-22(12-14-23)15-20(24)16-25-21-6-4-3-5-18(21)2/h3-10,20,24H,11-16H2,1-2H3. The van der Waals surface area contributed by atoms with Crippen LogP contribution in [0.1, 0.15) is 11.1 Å². The maximum atomic E-state index is 10.3. The predicted octanol–water partition coefficient (Wildman–Crippen LogP) is 2.87. The van der Waals surface area contributed by atoms with Crippen LogP contribution in [0.3, 0.4) is 0 Å². The molecule has 2 aromatic rings. The topological polar surface area (TPSA) is 35.9 Å². The van der Waals surface area contributed by atoms with E-state index >= 15 is 0 Å². The van der Waals surface area contributed by atoms with E-state index in [1.807, 2.05) is 31.2 Å². The van der Waals surface area contributed by atoms with Crippen LogP contribution in [-0.4, -0.2) is 55.4 Å². The Morgan fingerprint density at radius 1 is 0.960 bits per heavy atom. The number of hydrogen-bond donors (Lipinski definition) is 1. The molecule has 25 heavy (non-hydrogen) atoms. The van der Waals surface area contributed by atoms with E-state index < -0.39 is 6.10 Å². The van der Waals surface area contributed by atoms with Crippen molar-refractivity contribution in [2.45, 2.75) is 20.0 Å². The van der Waals surface area contributed by atoms with Gasteiger partial charge in [0.2, 0.25) is 0 Å². The molecular formula is C21H28N2O2. The van der Waals surface area contributed by atoms with Gasteiger partial charge in [0.25, 0.3) is 0 Å². The van der Waals surface area contributed by atoms with Gasteiger partial charge in [0, 0.05) is 38.4 Å². The lowest BCUT2D eigenvalue weighted by Gasteiger charge is -2.36. The molecule has 3 rings (SSSR count). The molecule has 134 valence electrons. The second-order valence-electron chi connectivity index (χ2n) is 6.85. The number of aliphatic hydroxyl groups is 1. The van der Waals surface area contributed by atoms with Crippen LogP contribution in [0.15, 0.2) is 48.5 Å². The van der Waals surface area contributed by atoms with Gasteiger partial charge in [0.15, 0.2) is 0 Å². The summed E-state index contributed by atoms with van der Waals surface area (Å²) in [6, 6.07) is 16.6. The van der Waals surface area contributed by atoms with Crippen molar-refractivity contribution >= 4 is 5.69 Å². The fraction of sp³-hybridized carbons (Fsp3) is 0.429. The molecule has 0 amide bonds. The second-order valence-corrected chi connectivity index (χ2v) is 6.85. The number of nitrogens with zero attached hydrogens (tertiary/aromatic N) is 2. The first-order valence-electron chi connectivity index (χ1n) is 9.02. The lowest BCUT2D eigenvalue weighted by Crippen LogP contribution is -2.49. The summed E-state index contributed by atoms with van der Waals surface area (Å²) in [7, 11) is 0. The minimum absolute atomic E-state index is 0.336. The molecule has 1 atom stereocenters. The summed E-state index contributed by atoms with van der Waals surface area (Å²) in [5.74, 6) is 0.853. The first-order valence-corrected chi connectivity index (χ1v) is 9.02. The number of rotatable bonds is 6. The number of β-amino-alcohol motifs (C(OH)–C–C–N with tert-alkyl or cyclic N) is 1. The Labute approximate surface area is 150 Å². The normalized spacial score (nSPS) is 16.7. The Morgan fingerprint density at radius 3 is 2.32 bits per heavy atom. The summed E-state index contributed by atoms with van der Waals surface area (Å²) < 4.78 is 5.75. The average molecular weight is 340 g/mol. The van der Waals surface area contributed by atoms with Crippen LogP contribution in [0.4, 0.5) is 5.69 Å². The third kappa shape index (κ3) is 4.97. The van der Waals surface area contributed by atoms with Crippen molar-refractivity contribution in [2.75, 3.05) is 44.2 Å². The number of benzene rings is 2. The average Bonchev–Trinajstić information content (AvgIpc) is 2.62. The van der Waals surface area contributed by atoms with Crippen molar-refractivity contribution in [1.82, 2.24) is 4.90 Å². The third-order valence-corrected chi connectivity index (χ3v) is 4.77. The van der Waals surface area contributed by atoms with E-state index in [1.165, 1.54) is 11.3 Å². The first kappa shape index (κ1) is 17.8. The molecule has 0 saturated carbocycles. The molecule has 1 aliphatic heterocycles. The van der Waals surface area contributed by atoms with E-state index in [0.29, 0.717) is 13.2 Å². The zero-order valence-electron chi connectivity index (χ0n) is 15.2. The van der Waals surface area contributed by atoms with E-state index in [0.717, 1.165) is 37.5 Å². The van der Waals surface area contributed by atoms with E-state index in [1.54, 1.807) is 0 Å².